The SMILES string of the molecule is Cl.N=c1sccn1CC(=O)Nc1cccc2ccccc12. The van der Waals surface area contributed by atoms with Crippen molar-refractivity contribution in [3.63, 3.8) is 0 Å². The van der Waals surface area contributed by atoms with Gasteiger partial charge in [0.1, 0.15) is 6.54 Å². The number of aromatic nitrogens is 1. The highest BCUT2D eigenvalue weighted by Crippen LogP contribution is 2.22. The van der Waals surface area contributed by atoms with E-state index in [1.165, 1.54) is 11.3 Å². The van der Waals surface area contributed by atoms with Crippen molar-refractivity contribution in [1.82, 2.24) is 4.57 Å². The smallest absolute Gasteiger partial charge is 0.244 e. The Hall–Kier alpha value is -2.11. The summed E-state index contributed by atoms with van der Waals surface area (Å²) in [5.74, 6) is -0.127. The van der Waals surface area contributed by atoms with Gasteiger partial charge in [-0.05, 0) is 11.5 Å². The van der Waals surface area contributed by atoms with Gasteiger partial charge in [0.05, 0.1) is 0 Å². The Morgan fingerprint density at radius 2 is 1.95 bits per heavy atom. The molecule has 1 heterocycles. The number of fused-ring (bicyclic) bond motifs is 1. The lowest BCUT2D eigenvalue weighted by Gasteiger charge is -2.09. The normalized spacial score (nSPS) is 10.1. The maximum Gasteiger partial charge on any atom is 0.244 e. The zero-order chi connectivity index (χ0) is 13.9. The van der Waals surface area contributed by atoms with E-state index in [0.29, 0.717) is 4.80 Å². The minimum atomic E-state index is -0.127. The number of carbonyl (C=O) groups is 1. The van der Waals surface area contributed by atoms with Crippen LogP contribution >= 0.6 is 23.7 Å². The zero-order valence-electron chi connectivity index (χ0n) is 11.1. The summed E-state index contributed by atoms with van der Waals surface area (Å²) in [7, 11) is 0. The standard InChI is InChI=1S/C15H13N3OS.ClH/c16-15-18(8-9-20-15)10-14(19)17-13-7-3-5-11-4-1-2-6-12(11)13;/h1-9,16H,10H2,(H,17,19);1H. The third kappa shape index (κ3) is 3.32. The molecule has 0 spiro atoms. The molecule has 108 valence electrons. The van der Waals surface area contributed by atoms with Gasteiger partial charge < -0.3 is 9.88 Å². The molecular formula is C15H14ClN3OS. The van der Waals surface area contributed by atoms with Crippen LogP contribution in [0.4, 0.5) is 5.69 Å². The van der Waals surface area contributed by atoms with Crippen molar-refractivity contribution < 1.29 is 4.79 Å². The van der Waals surface area contributed by atoms with E-state index >= 15 is 0 Å². The molecule has 3 aromatic rings. The highest BCUT2D eigenvalue weighted by atomic mass is 35.5. The first kappa shape index (κ1) is 15.3. The predicted molar refractivity (Wildman–Crippen MR) is 88.0 cm³/mol. The molecule has 6 heteroatoms. The first-order valence-corrected chi connectivity index (χ1v) is 7.08. The molecule has 0 fully saturated rings. The lowest BCUT2D eigenvalue weighted by Crippen LogP contribution is -2.23. The fourth-order valence-corrected chi connectivity index (χ4v) is 2.70. The van der Waals surface area contributed by atoms with Crippen LogP contribution in [0.3, 0.4) is 0 Å². The van der Waals surface area contributed by atoms with Crippen molar-refractivity contribution in [3.8, 4) is 0 Å². The van der Waals surface area contributed by atoms with Crippen LogP contribution in [0.1, 0.15) is 0 Å². The number of amides is 1. The van der Waals surface area contributed by atoms with E-state index in [1.54, 1.807) is 16.1 Å². The summed E-state index contributed by atoms with van der Waals surface area (Å²) in [5, 5.41) is 14.5. The number of nitrogens with zero attached hydrogens (tertiary/aromatic N) is 1. The molecule has 1 amide bonds. The monoisotopic (exact) mass is 319 g/mol. The van der Waals surface area contributed by atoms with Crippen LogP contribution in [-0.4, -0.2) is 10.5 Å². The summed E-state index contributed by atoms with van der Waals surface area (Å²) in [6.07, 6.45) is 1.75. The van der Waals surface area contributed by atoms with Crippen LogP contribution in [0, 0.1) is 5.41 Å². The van der Waals surface area contributed by atoms with Gasteiger partial charge in [-0.3, -0.25) is 10.2 Å². The summed E-state index contributed by atoms with van der Waals surface area (Å²) in [6.45, 7) is 0.158. The zero-order valence-corrected chi connectivity index (χ0v) is 12.7. The van der Waals surface area contributed by atoms with Crippen LogP contribution in [-0.2, 0) is 11.3 Å². The maximum absolute atomic E-state index is 12.1. The predicted octanol–water partition coefficient (Wildman–Crippen LogP) is 3.24. The average molecular weight is 320 g/mol. The third-order valence-electron chi connectivity index (χ3n) is 3.06. The van der Waals surface area contributed by atoms with Gasteiger partial charge in [0.25, 0.3) is 0 Å². The lowest BCUT2D eigenvalue weighted by molar-refractivity contribution is -0.116. The van der Waals surface area contributed by atoms with Crippen LogP contribution < -0.4 is 10.1 Å². The topological polar surface area (TPSA) is 57.9 Å². The molecule has 0 unspecified atom stereocenters. The molecular weight excluding hydrogens is 306 g/mol. The number of hydrogen-bond acceptors (Lipinski definition) is 3. The molecule has 0 saturated carbocycles. The largest absolute Gasteiger partial charge is 0.324 e. The molecule has 3 rings (SSSR count). The number of thiazole rings is 1. The van der Waals surface area contributed by atoms with E-state index in [-0.39, 0.29) is 24.9 Å². The van der Waals surface area contributed by atoms with Crippen molar-refractivity contribution in [2.75, 3.05) is 5.32 Å². The Labute approximate surface area is 132 Å². The van der Waals surface area contributed by atoms with E-state index in [4.69, 9.17) is 5.41 Å². The minimum Gasteiger partial charge on any atom is -0.324 e. The molecule has 0 atom stereocenters. The third-order valence-corrected chi connectivity index (χ3v) is 3.77. The molecule has 1 aromatic heterocycles. The van der Waals surface area contributed by atoms with Crippen molar-refractivity contribution in [1.29, 1.82) is 5.41 Å². The Morgan fingerprint density at radius 3 is 2.71 bits per heavy atom. The van der Waals surface area contributed by atoms with Crippen LogP contribution in [0.5, 0.6) is 0 Å². The van der Waals surface area contributed by atoms with Crippen LogP contribution in [0.15, 0.2) is 54.0 Å². The lowest BCUT2D eigenvalue weighted by atomic mass is 10.1. The van der Waals surface area contributed by atoms with Gasteiger partial charge in [0, 0.05) is 22.7 Å². The Morgan fingerprint density at radius 1 is 1.19 bits per heavy atom. The molecule has 2 N–H and O–H groups in total. The Balaban J connectivity index is 0.00000161. The first-order valence-electron chi connectivity index (χ1n) is 6.20. The fraction of sp³-hybridized carbons (Fsp3) is 0.0667. The molecule has 0 aliphatic heterocycles. The number of carbonyl (C=O) groups excluding carboxylic acids is 1. The van der Waals surface area contributed by atoms with Crippen LogP contribution in [0.25, 0.3) is 10.8 Å². The van der Waals surface area contributed by atoms with E-state index < -0.39 is 0 Å². The van der Waals surface area contributed by atoms with Gasteiger partial charge in [-0.25, -0.2) is 0 Å². The molecule has 21 heavy (non-hydrogen) atoms. The second kappa shape index (κ2) is 6.56. The van der Waals surface area contributed by atoms with Gasteiger partial charge in [-0.2, -0.15) is 0 Å². The maximum atomic E-state index is 12.1. The van der Waals surface area contributed by atoms with Crippen molar-refractivity contribution in [3.05, 3.63) is 58.8 Å². The number of halogens is 1. The first-order chi connectivity index (χ1) is 9.74. The molecule has 0 radical (unpaired) electrons. The highest BCUT2D eigenvalue weighted by molar-refractivity contribution is 7.06. The summed E-state index contributed by atoms with van der Waals surface area (Å²) in [4.78, 5) is 12.4. The van der Waals surface area contributed by atoms with Gasteiger partial charge in [-0.15, -0.1) is 23.7 Å². The second-order valence-corrected chi connectivity index (χ2v) is 5.31. The molecule has 0 aliphatic carbocycles. The number of nitrogens with one attached hydrogen (secondary N) is 2. The van der Waals surface area contributed by atoms with Crippen molar-refractivity contribution >= 4 is 46.1 Å². The van der Waals surface area contributed by atoms with E-state index in [1.807, 2.05) is 42.5 Å². The van der Waals surface area contributed by atoms with E-state index in [0.717, 1.165) is 16.5 Å². The molecule has 4 nitrogen and oxygen atoms in total. The van der Waals surface area contributed by atoms with Crippen molar-refractivity contribution in [2.24, 2.45) is 0 Å². The Kier molecular flexibility index (Phi) is 4.77. The molecule has 0 saturated heterocycles. The summed E-state index contributed by atoms with van der Waals surface area (Å²) < 4.78 is 1.62. The molecule has 0 aliphatic rings. The van der Waals surface area contributed by atoms with Crippen LogP contribution in [0.2, 0.25) is 0 Å². The Bertz CT molecular complexity index is 819. The van der Waals surface area contributed by atoms with E-state index in [2.05, 4.69) is 5.32 Å². The summed E-state index contributed by atoms with van der Waals surface area (Å²) >= 11 is 1.30. The highest BCUT2D eigenvalue weighted by Gasteiger charge is 2.06. The van der Waals surface area contributed by atoms with Gasteiger partial charge >= 0.3 is 0 Å². The van der Waals surface area contributed by atoms with Gasteiger partial charge in [0.2, 0.25) is 5.91 Å². The quantitative estimate of drug-likeness (QED) is 0.765. The summed E-state index contributed by atoms with van der Waals surface area (Å²) in [6, 6.07) is 13.8. The van der Waals surface area contributed by atoms with Crippen molar-refractivity contribution in [2.45, 2.75) is 6.54 Å². The number of rotatable bonds is 3. The average Bonchev–Trinajstić information content (AvgIpc) is 2.85. The number of benzene rings is 2. The summed E-state index contributed by atoms with van der Waals surface area (Å²) in [5.41, 5.74) is 0.801. The number of hydrogen-bond donors (Lipinski definition) is 2. The van der Waals surface area contributed by atoms with Gasteiger partial charge in [0.15, 0.2) is 4.80 Å². The van der Waals surface area contributed by atoms with E-state index in [9.17, 15) is 4.79 Å². The number of anilines is 1. The molecule has 2 aromatic carbocycles. The van der Waals surface area contributed by atoms with Gasteiger partial charge in [-0.1, -0.05) is 36.4 Å². The fourth-order valence-electron chi connectivity index (χ4n) is 2.11. The second-order valence-electron chi connectivity index (χ2n) is 4.41. The minimum absolute atomic E-state index is 0. The molecule has 0 bridgehead atoms.